The predicted molar refractivity (Wildman–Crippen MR) is 78.3 cm³/mol. The summed E-state index contributed by atoms with van der Waals surface area (Å²) in [6.07, 6.45) is 6.46. The van der Waals surface area contributed by atoms with Crippen LogP contribution in [0.1, 0.15) is 38.4 Å². The first-order chi connectivity index (χ1) is 9.15. The largest absolute Gasteiger partial charge is 0.399 e. The number of hydrogen-bond acceptors (Lipinski definition) is 3. The van der Waals surface area contributed by atoms with Crippen molar-refractivity contribution in [2.45, 2.75) is 38.6 Å². The van der Waals surface area contributed by atoms with Crippen LogP contribution in [0.3, 0.4) is 0 Å². The molecule has 1 unspecified atom stereocenters. The van der Waals surface area contributed by atoms with Crippen molar-refractivity contribution < 1.29 is 0 Å². The van der Waals surface area contributed by atoms with Crippen molar-refractivity contribution in [2.75, 3.05) is 18.8 Å². The average molecular weight is 258 g/mol. The van der Waals surface area contributed by atoms with E-state index in [0.717, 1.165) is 17.7 Å². The monoisotopic (exact) mass is 258 g/mol. The summed E-state index contributed by atoms with van der Waals surface area (Å²) in [5, 5.41) is 0. The lowest BCUT2D eigenvalue weighted by Crippen LogP contribution is -2.39. The van der Waals surface area contributed by atoms with E-state index < -0.39 is 0 Å². The van der Waals surface area contributed by atoms with Gasteiger partial charge >= 0.3 is 0 Å². The van der Waals surface area contributed by atoms with Gasteiger partial charge in [0.25, 0.3) is 0 Å². The third kappa shape index (κ3) is 2.32. The Morgan fingerprint density at radius 1 is 1.42 bits per heavy atom. The topological polar surface area (TPSA) is 46.6 Å². The molecular formula is C15H22N4. The molecule has 1 fully saturated rings. The summed E-state index contributed by atoms with van der Waals surface area (Å²) in [5.41, 5.74) is 7.72. The highest BCUT2D eigenvalue weighted by Gasteiger charge is 2.25. The van der Waals surface area contributed by atoms with Crippen molar-refractivity contribution in [1.82, 2.24) is 14.3 Å². The molecule has 102 valence electrons. The first-order valence-electron chi connectivity index (χ1n) is 7.11. The van der Waals surface area contributed by atoms with Gasteiger partial charge in [-0.2, -0.15) is 0 Å². The van der Waals surface area contributed by atoms with Gasteiger partial charge in [-0.15, -0.1) is 0 Å². The third-order valence-corrected chi connectivity index (χ3v) is 4.13. The first kappa shape index (κ1) is 12.5. The number of nitrogen functional groups attached to an aromatic ring is 1. The average Bonchev–Trinajstić information content (AvgIpc) is 2.81. The summed E-state index contributed by atoms with van der Waals surface area (Å²) < 4.78 is 2.19. The maximum absolute atomic E-state index is 5.82. The molecule has 2 aromatic heterocycles. The van der Waals surface area contributed by atoms with Gasteiger partial charge in [-0.3, -0.25) is 0 Å². The summed E-state index contributed by atoms with van der Waals surface area (Å²) >= 11 is 0. The van der Waals surface area contributed by atoms with E-state index in [9.17, 15) is 0 Å². The lowest BCUT2D eigenvalue weighted by atomic mass is 9.96. The van der Waals surface area contributed by atoms with E-state index in [2.05, 4.69) is 28.1 Å². The fraction of sp³-hybridized carbons (Fsp3) is 0.533. The van der Waals surface area contributed by atoms with Gasteiger partial charge in [0, 0.05) is 30.4 Å². The molecule has 1 saturated heterocycles. The van der Waals surface area contributed by atoms with Crippen LogP contribution in [-0.4, -0.2) is 33.4 Å². The molecule has 4 nitrogen and oxygen atoms in total. The Morgan fingerprint density at radius 2 is 2.26 bits per heavy atom. The Kier molecular flexibility index (Phi) is 3.19. The lowest BCUT2D eigenvalue weighted by Gasteiger charge is -2.34. The normalized spacial score (nSPS) is 21.3. The molecule has 2 N–H and O–H groups in total. The zero-order chi connectivity index (χ0) is 13.4. The summed E-state index contributed by atoms with van der Waals surface area (Å²) in [6.45, 7) is 6.87. The summed E-state index contributed by atoms with van der Waals surface area (Å²) in [4.78, 5) is 7.18. The summed E-state index contributed by atoms with van der Waals surface area (Å²) in [7, 11) is 0. The van der Waals surface area contributed by atoms with Gasteiger partial charge in [0.2, 0.25) is 0 Å². The highest BCUT2D eigenvalue weighted by atomic mass is 15.2. The van der Waals surface area contributed by atoms with Crippen molar-refractivity contribution in [3.05, 3.63) is 30.4 Å². The Morgan fingerprint density at radius 3 is 3.05 bits per heavy atom. The van der Waals surface area contributed by atoms with Crippen molar-refractivity contribution in [2.24, 2.45) is 0 Å². The van der Waals surface area contributed by atoms with Gasteiger partial charge in [-0.1, -0.05) is 0 Å². The van der Waals surface area contributed by atoms with Crippen molar-refractivity contribution in [1.29, 1.82) is 0 Å². The molecule has 19 heavy (non-hydrogen) atoms. The van der Waals surface area contributed by atoms with E-state index in [4.69, 9.17) is 5.73 Å². The Labute approximate surface area is 114 Å². The number of imidazole rings is 1. The minimum atomic E-state index is 0.530. The second-order valence-electron chi connectivity index (χ2n) is 5.80. The Hall–Kier alpha value is -1.55. The minimum absolute atomic E-state index is 0.530. The Balaban J connectivity index is 1.91. The second kappa shape index (κ2) is 4.85. The van der Waals surface area contributed by atoms with Crippen LogP contribution in [0, 0.1) is 0 Å². The van der Waals surface area contributed by atoms with E-state index in [1.54, 1.807) is 0 Å². The fourth-order valence-electron chi connectivity index (χ4n) is 3.03. The molecule has 0 aromatic carbocycles. The number of rotatable bonds is 2. The predicted octanol–water partition coefficient (Wildman–Crippen LogP) is 2.50. The van der Waals surface area contributed by atoms with E-state index in [0.29, 0.717) is 12.0 Å². The standard InChI is InChI=1S/C15H22N4/c1-11(2)18-6-3-4-12(10-18)15-17-9-14-8-13(16)5-7-19(14)15/h5,7-9,11-12H,3-4,6,10,16H2,1-2H3. The maximum atomic E-state index is 5.82. The molecule has 1 aliphatic rings. The number of anilines is 1. The second-order valence-corrected chi connectivity index (χ2v) is 5.80. The molecule has 0 saturated carbocycles. The molecular weight excluding hydrogens is 236 g/mol. The number of likely N-dealkylation sites (tertiary alicyclic amines) is 1. The number of fused-ring (bicyclic) bond motifs is 1. The molecule has 0 amide bonds. The van der Waals surface area contributed by atoms with E-state index >= 15 is 0 Å². The zero-order valence-electron chi connectivity index (χ0n) is 11.7. The molecule has 0 spiro atoms. The van der Waals surface area contributed by atoms with Gasteiger partial charge in [0.05, 0.1) is 11.7 Å². The van der Waals surface area contributed by atoms with E-state index in [1.807, 2.05) is 24.5 Å². The summed E-state index contributed by atoms with van der Waals surface area (Å²) in [5.74, 6) is 1.71. The minimum Gasteiger partial charge on any atom is -0.399 e. The number of pyridine rings is 1. The van der Waals surface area contributed by atoms with E-state index in [-0.39, 0.29) is 0 Å². The zero-order valence-corrected chi connectivity index (χ0v) is 11.7. The number of nitrogens with two attached hydrogens (primary N) is 1. The van der Waals surface area contributed by atoms with Gasteiger partial charge < -0.3 is 15.0 Å². The molecule has 4 heteroatoms. The van der Waals surface area contributed by atoms with Crippen LogP contribution in [0.15, 0.2) is 24.5 Å². The van der Waals surface area contributed by atoms with Crippen LogP contribution in [0.4, 0.5) is 5.69 Å². The van der Waals surface area contributed by atoms with Gasteiger partial charge in [0.1, 0.15) is 5.82 Å². The van der Waals surface area contributed by atoms with Gasteiger partial charge in [-0.05, 0) is 45.4 Å². The van der Waals surface area contributed by atoms with Crippen LogP contribution < -0.4 is 5.73 Å². The smallest absolute Gasteiger partial charge is 0.117 e. The van der Waals surface area contributed by atoms with Crippen LogP contribution in [0.2, 0.25) is 0 Å². The number of aromatic nitrogens is 2. The molecule has 1 atom stereocenters. The van der Waals surface area contributed by atoms with Crippen LogP contribution in [0.5, 0.6) is 0 Å². The van der Waals surface area contributed by atoms with Crippen molar-refractivity contribution in [3.8, 4) is 0 Å². The van der Waals surface area contributed by atoms with Crippen molar-refractivity contribution in [3.63, 3.8) is 0 Å². The third-order valence-electron chi connectivity index (χ3n) is 4.13. The Bertz CT molecular complexity index is 573. The summed E-state index contributed by atoms with van der Waals surface area (Å²) in [6, 6.07) is 4.55. The van der Waals surface area contributed by atoms with E-state index in [1.165, 1.54) is 25.2 Å². The van der Waals surface area contributed by atoms with Crippen LogP contribution in [0.25, 0.3) is 5.52 Å². The van der Waals surface area contributed by atoms with Crippen molar-refractivity contribution >= 4 is 11.2 Å². The SMILES string of the molecule is CC(C)N1CCCC(c2ncc3cc(N)ccn23)C1. The number of piperidine rings is 1. The quantitative estimate of drug-likeness (QED) is 0.900. The molecule has 3 heterocycles. The lowest BCUT2D eigenvalue weighted by molar-refractivity contribution is 0.164. The molecule has 0 aliphatic carbocycles. The number of nitrogens with zero attached hydrogens (tertiary/aromatic N) is 3. The first-order valence-corrected chi connectivity index (χ1v) is 7.11. The highest BCUT2D eigenvalue weighted by molar-refractivity contribution is 5.56. The van der Waals surface area contributed by atoms with Crippen LogP contribution in [-0.2, 0) is 0 Å². The molecule has 2 aromatic rings. The van der Waals surface area contributed by atoms with Crippen LogP contribution >= 0.6 is 0 Å². The maximum Gasteiger partial charge on any atom is 0.117 e. The van der Waals surface area contributed by atoms with Gasteiger partial charge in [-0.25, -0.2) is 4.98 Å². The van der Waals surface area contributed by atoms with Gasteiger partial charge in [0.15, 0.2) is 0 Å². The molecule has 0 bridgehead atoms. The fourth-order valence-corrected chi connectivity index (χ4v) is 3.03. The number of hydrogen-bond donors (Lipinski definition) is 1. The highest BCUT2D eigenvalue weighted by Crippen LogP contribution is 2.28. The molecule has 1 aliphatic heterocycles. The molecule has 3 rings (SSSR count). The molecule has 0 radical (unpaired) electrons.